The lowest BCUT2D eigenvalue weighted by atomic mass is 10.3. The standard InChI is InChI=1S/C9H14N2/c1-2-7-11-9(5-6-10-11)8-3-4-8/h5-6,8H,2-4,7H2,1H3. The zero-order valence-corrected chi connectivity index (χ0v) is 6.95. The lowest BCUT2D eigenvalue weighted by Gasteiger charge is -2.02. The van der Waals surface area contributed by atoms with Crippen molar-refractivity contribution in [3.63, 3.8) is 0 Å². The Bertz CT molecular complexity index is 235. The molecule has 1 aromatic heterocycles. The average molecular weight is 150 g/mol. The van der Waals surface area contributed by atoms with E-state index in [0.717, 1.165) is 12.5 Å². The number of nitrogens with zero attached hydrogens (tertiary/aromatic N) is 2. The second-order valence-corrected chi connectivity index (χ2v) is 3.25. The summed E-state index contributed by atoms with van der Waals surface area (Å²) in [5.74, 6) is 0.837. The Kier molecular flexibility index (Phi) is 1.68. The summed E-state index contributed by atoms with van der Waals surface area (Å²) >= 11 is 0. The summed E-state index contributed by atoms with van der Waals surface area (Å²) in [5.41, 5.74) is 1.45. The van der Waals surface area contributed by atoms with Crippen LogP contribution in [0.1, 0.15) is 37.8 Å². The first-order valence-electron chi connectivity index (χ1n) is 4.43. The van der Waals surface area contributed by atoms with Gasteiger partial charge in [0.15, 0.2) is 0 Å². The van der Waals surface area contributed by atoms with Crippen LogP contribution in [0.15, 0.2) is 12.3 Å². The van der Waals surface area contributed by atoms with Crippen molar-refractivity contribution >= 4 is 0 Å². The Hall–Kier alpha value is -0.790. The largest absolute Gasteiger partial charge is 0.269 e. The van der Waals surface area contributed by atoms with Gasteiger partial charge in [-0.15, -0.1) is 0 Å². The summed E-state index contributed by atoms with van der Waals surface area (Å²) in [6.45, 7) is 3.27. The molecule has 2 nitrogen and oxygen atoms in total. The number of hydrogen-bond acceptors (Lipinski definition) is 1. The fraction of sp³-hybridized carbons (Fsp3) is 0.667. The number of aromatic nitrogens is 2. The van der Waals surface area contributed by atoms with Gasteiger partial charge in [-0.1, -0.05) is 6.92 Å². The van der Waals surface area contributed by atoms with Gasteiger partial charge in [0.2, 0.25) is 0 Å². The van der Waals surface area contributed by atoms with Crippen LogP contribution in [0.3, 0.4) is 0 Å². The maximum absolute atomic E-state index is 4.28. The number of hydrogen-bond donors (Lipinski definition) is 0. The van der Waals surface area contributed by atoms with E-state index in [4.69, 9.17) is 0 Å². The molecule has 0 spiro atoms. The minimum Gasteiger partial charge on any atom is -0.269 e. The molecule has 0 aliphatic heterocycles. The summed E-state index contributed by atoms with van der Waals surface area (Å²) in [7, 11) is 0. The molecule has 11 heavy (non-hydrogen) atoms. The molecule has 0 atom stereocenters. The Balaban J connectivity index is 2.16. The molecular weight excluding hydrogens is 136 g/mol. The number of rotatable bonds is 3. The highest BCUT2D eigenvalue weighted by molar-refractivity contribution is 5.13. The van der Waals surface area contributed by atoms with Crippen molar-refractivity contribution in [2.45, 2.75) is 38.6 Å². The van der Waals surface area contributed by atoms with Crippen molar-refractivity contribution in [1.82, 2.24) is 9.78 Å². The second kappa shape index (κ2) is 2.68. The molecule has 1 fully saturated rings. The van der Waals surface area contributed by atoms with E-state index in [0.29, 0.717) is 0 Å². The lowest BCUT2D eigenvalue weighted by molar-refractivity contribution is 0.575. The third kappa shape index (κ3) is 1.30. The monoisotopic (exact) mass is 150 g/mol. The molecule has 0 amide bonds. The highest BCUT2D eigenvalue weighted by Crippen LogP contribution is 2.39. The van der Waals surface area contributed by atoms with E-state index in [-0.39, 0.29) is 0 Å². The third-order valence-electron chi connectivity index (χ3n) is 2.18. The lowest BCUT2D eigenvalue weighted by Crippen LogP contribution is -2.02. The molecule has 1 aliphatic carbocycles. The van der Waals surface area contributed by atoms with Crippen molar-refractivity contribution in [2.24, 2.45) is 0 Å². The van der Waals surface area contributed by atoms with Crippen LogP contribution in [0, 0.1) is 0 Å². The van der Waals surface area contributed by atoms with Gasteiger partial charge in [-0.05, 0) is 25.3 Å². The van der Waals surface area contributed by atoms with Gasteiger partial charge in [-0.3, -0.25) is 4.68 Å². The van der Waals surface area contributed by atoms with Crippen molar-refractivity contribution in [3.05, 3.63) is 18.0 Å². The van der Waals surface area contributed by atoms with Crippen LogP contribution in [0.2, 0.25) is 0 Å². The van der Waals surface area contributed by atoms with Crippen LogP contribution in [0.4, 0.5) is 0 Å². The van der Waals surface area contributed by atoms with Gasteiger partial charge in [-0.2, -0.15) is 5.10 Å². The molecule has 0 saturated heterocycles. The van der Waals surface area contributed by atoms with Crippen LogP contribution >= 0.6 is 0 Å². The van der Waals surface area contributed by atoms with E-state index in [1.165, 1.54) is 25.0 Å². The van der Waals surface area contributed by atoms with Crippen molar-refractivity contribution in [3.8, 4) is 0 Å². The average Bonchev–Trinajstić information content (AvgIpc) is 2.75. The van der Waals surface area contributed by atoms with Crippen molar-refractivity contribution < 1.29 is 0 Å². The smallest absolute Gasteiger partial charge is 0.0492 e. The molecule has 2 heteroatoms. The minimum absolute atomic E-state index is 0.837. The minimum atomic E-state index is 0.837. The van der Waals surface area contributed by atoms with Gasteiger partial charge in [-0.25, -0.2) is 0 Å². The molecule has 1 aromatic rings. The molecule has 0 aromatic carbocycles. The van der Waals surface area contributed by atoms with E-state index in [1.54, 1.807) is 0 Å². The van der Waals surface area contributed by atoms with E-state index in [1.807, 2.05) is 6.20 Å². The molecule has 1 saturated carbocycles. The molecule has 1 aliphatic rings. The van der Waals surface area contributed by atoms with Crippen LogP contribution in [-0.2, 0) is 6.54 Å². The Morgan fingerprint density at radius 3 is 3.09 bits per heavy atom. The Labute approximate surface area is 67.2 Å². The topological polar surface area (TPSA) is 17.8 Å². The van der Waals surface area contributed by atoms with Crippen molar-refractivity contribution in [2.75, 3.05) is 0 Å². The summed E-state index contributed by atoms with van der Waals surface area (Å²) in [5, 5.41) is 4.28. The molecule has 0 bridgehead atoms. The highest BCUT2D eigenvalue weighted by atomic mass is 15.3. The second-order valence-electron chi connectivity index (χ2n) is 3.25. The van der Waals surface area contributed by atoms with E-state index >= 15 is 0 Å². The maximum atomic E-state index is 4.28. The first-order valence-corrected chi connectivity index (χ1v) is 4.43. The van der Waals surface area contributed by atoms with Crippen LogP contribution in [0.5, 0.6) is 0 Å². The van der Waals surface area contributed by atoms with E-state index in [9.17, 15) is 0 Å². The highest BCUT2D eigenvalue weighted by Gasteiger charge is 2.26. The predicted octanol–water partition coefficient (Wildman–Crippen LogP) is 2.17. The molecule has 0 N–H and O–H groups in total. The number of aryl methyl sites for hydroxylation is 1. The maximum Gasteiger partial charge on any atom is 0.0492 e. The fourth-order valence-corrected chi connectivity index (χ4v) is 1.47. The normalized spacial score (nSPS) is 17.2. The molecule has 1 heterocycles. The van der Waals surface area contributed by atoms with Gasteiger partial charge < -0.3 is 0 Å². The summed E-state index contributed by atoms with van der Waals surface area (Å²) in [4.78, 5) is 0. The summed E-state index contributed by atoms with van der Waals surface area (Å²) in [6.07, 6.45) is 5.84. The molecule has 0 unspecified atom stereocenters. The molecule has 0 radical (unpaired) electrons. The first-order chi connectivity index (χ1) is 5.42. The molecule has 60 valence electrons. The van der Waals surface area contributed by atoms with Gasteiger partial charge in [0.1, 0.15) is 0 Å². The van der Waals surface area contributed by atoms with Gasteiger partial charge >= 0.3 is 0 Å². The van der Waals surface area contributed by atoms with E-state index < -0.39 is 0 Å². The molecular formula is C9H14N2. The fourth-order valence-electron chi connectivity index (χ4n) is 1.47. The molecule has 2 rings (SSSR count). The Morgan fingerprint density at radius 1 is 1.64 bits per heavy atom. The quantitative estimate of drug-likeness (QED) is 0.645. The van der Waals surface area contributed by atoms with E-state index in [2.05, 4.69) is 22.8 Å². The van der Waals surface area contributed by atoms with Crippen molar-refractivity contribution in [1.29, 1.82) is 0 Å². The zero-order chi connectivity index (χ0) is 7.68. The van der Waals surface area contributed by atoms with Gasteiger partial charge in [0.25, 0.3) is 0 Å². The summed E-state index contributed by atoms with van der Waals surface area (Å²) < 4.78 is 2.15. The Morgan fingerprint density at radius 2 is 2.45 bits per heavy atom. The summed E-state index contributed by atoms with van der Waals surface area (Å²) in [6, 6.07) is 2.16. The van der Waals surface area contributed by atoms with Gasteiger partial charge in [0, 0.05) is 24.4 Å². The predicted molar refractivity (Wildman–Crippen MR) is 44.5 cm³/mol. The third-order valence-corrected chi connectivity index (χ3v) is 2.18. The van der Waals surface area contributed by atoms with Gasteiger partial charge in [0.05, 0.1) is 0 Å². The van der Waals surface area contributed by atoms with Crippen LogP contribution < -0.4 is 0 Å². The van der Waals surface area contributed by atoms with Crippen LogP contribution in [-0.4, -0.2) is 9.78 Å². The van der Waals surface area contributed by atoms with Crippen LogP contribution in [0.25, 0.3) is 0 Å². The first kappa shape index (κ1) is 6.89. The zero-order valence-electron chi connectivity index (χ0n) is 6.95. The SMILES string of the molecule is CCCn1nccc1C1CC1.